The topological polar surface area (TPSA) is 40.5 Å². The monoisotopic (exact) mass is 197 g/mol. The Balaban J connectivity index is 1.87. The normalized spacial score (nSPS) is 34.9. The van der Waals surface area contributed by atoms with E-state index < -0.39 is 0 Å². The molecule has 1 amide bonds. The van der Waals surface area contributed by atoms with E-state index in [0.29, 0.717) is 24.3 Å². The lowest BCUT2D eigenvalue weighted by atomic mass is 10.0. The van der Waals surface area contributed by atoms with E-state index in [-0.39, 0.29) is 12.5 Å². The maximum atomic E-state index is 11.9. The van der Waals surface area contributed by atoms with Gasteiger partial charge in [-0.1, -0.05) is 12.8 Å². The molecule has 2 rings (SSSR count). The molecular weight excluding hydrogens is 178 g/mol. The highest BCUT2D eigenvalue weighted by atomic mass is 16.3. The zero-order chi connectivity index (χ0) is 10.1. The zero-order valence-electron chi connectivity index (χ0n) is 8.78. The Bertz CT molecular complexity index is 217. The number of aliphatic hydroxyl groups is 1. The van der Waals surface area contributed by atoms with E-state index >= 15 is 0 Å². The van der Waals surface area contributed by atoms with Crippen LogP contribution < -0.4 is 0 Å². The number of carbonyl (C=O) groups excluding carboxylic acids is 1. The minimum absolute atomic E-state index is 0.0737. The summed E-state index contributed by atoms with van der Waals surface area (Å²) in [4.78, 5) is 13.6. The van der Waals surface area contributed by atoms with E-state index in [9.17, 15) is 4.79 Å². The molecule has 14 heavy (non-hydrogen) atoms. The van der Waals surface area contributed by atoms with Gasteiger partial charge in [0, 0.05) is 19.5 Å². The van der Waals surface area contributed by atoms with Crippen molar-refractivity contribution >= 4 is 5.91 Å². The van der Waals surface area contributed by atoms with Gasteiger partial charge in [0.1, 0.15) is 0 Å². The van der Waals surface area contributed by atoms with E-state index in [1.54, 1.807) is 11.9 Å². The van der Waals surface area contributed by atoms with E-state index in [4.69, 9.17) is 5.11 Å². The number of hydrogen-bond acceptors (Lipinski definition) is 2. The first-order chi connectivity index (χ1) is 6.75. The molecule has 0 bridgehead atoms. The van der Waals surface area contributed by atoms with Crippen LogP contribution in [0.3, 0.4) is 0 Å². The van der Waals surface area contributed by atoms with Gasteiger partial charge in [0.2, 0.25) is 5.91 Å². The molecule has 2 atom stereocenters. The van der Waals surface area contributed by atoms with E-state index in [2.05, 4.69) is 0 Å². The largest absolute Gasteiger partial charge is 0.395 e. The van der Waals surface area contributed by atoms with Crippen molar-refractivity contribution in [3.63, 3.8) is 0 Å². The number of aliphatic hydroxyl groups excluding tert-OH is 1. The average molecular weight is 197 g/mol. The van der Waals surface area contributed by atoms with Crippen LogP contribution in [0.2, 0.25) is 0 Å². The minimum Gasteiger partial charge on any atom is -0.395 e. The van der Waals surface area contributed by atoms with Crippen LogP contribution in [0.25, 0.3) is 0 Å². The molecule has 0 aromatic rings. The lowest BCUT2D eigenvalue weighted by Crippen LogP contribution is -2.31. The number of carbonyl (C=O) groups is 1. The highest BCUT2D eigenvalue weighted by Gasteiger charge is 2.55. The Morgan fingerprint density at radius 2 is 1.93 bits per heavy atom. The molecular formula is C11H19NO2. The van der Waals surface area contributed by atoms with Crippen LogP contribution in [0.15, 0.2) is 0 Å². The fraction of sp³-hybridized carbons (Fsp3) is 0.909. The van der Waals surface area contributed by atoms with Gasteiger partial charge >= 0.3 is 0 Å². The van der Waals surface area contributed by atoms with Crippen LogP contribution in [-0.4, -0.2) is 36.1 Å². The van der Waals surface area contributed by atoms with Crippen LogP contribution in [-0.2, 0) is 4.79 Å². The Labute approximate surface area is 85.1 Å². The Morgan fingerprint density at radius 3 is 2.43 bits per heavy atom. The van der Waals surface area contributed by atoms with Crippen molar-refractivity contribution in [2.45, 2.75) is 25.7 Å². The van der Waals surface area contributed by atoms with Crippen LogP contribution >= 0.6 is 0 Å². The van der Waals surface area contributed by atoms with Gasteiger partial charge in [0.15, 0.2) is 0 Å². The highest BCUT2D eigenvalue weighted by molar-refractivity contribution is 5.82. The smallest absolute Gasteiger partial charge is 0.226 e. The molecule has 0 aromatic heterocycles. The molecule has 0 aromatic carbocycles. The third kappa shape index (κ3) is 1.65. The van der Waals surface area contributed by atoms with Gasteiger partial charge in [-0.15, -0.1) is 0 Å². The van der Waals surface area contributed by atoms with Gasteiger partial charge in [-0.3, -0.25) is 4.79 Å². The number of hydrogen-bond donors (Lipinski definition) is 1. The van der Waals surface area contributed by atoms with Gasteiger partial charge in [-0.2, -0.15) is 0 Å². The Kier molecular flexibility index (Phi) is 2.77. The SMILES string of the molecule is CN(CCO)C(=O)C1C2CCCCC21. The van der Waals surface area contributed by atoms with Gasteiger partial charge < -0.3 is 10.0 Å². The summed E-state index contributed by atoms with van der Waals surface area (Å²) < 4.78 is 0. The molecule has 3 heteroatoms. The highest BCUT2D eigenvalue weighted by Crippen LogP contribution is 2.55. The molecule has 0 radical (unpaired) electrons. The number of nitrogens with zero attached hydrogens (tertiary/aromatic N) is 1. The maximum Gasteiger partial charge on any atom is 0.226 e. The molecule has 2 aliphatic carbocycles. The van der Waals surface area contributed by atoms with Crippen LogP contribution in [0.5, 0.6) is 0 Å². The molecule has 0 spiro atoms. The fourth-order valence-corrected chi connectivity index (χ4v) is 2.87. The summed E-state index contributed by atoms with van der Waals surface area (Å²) in [6, 6.07) is 0. The van der Waals surface area contributed by atoms with Crippen molar-refractivity contribution in [3.8, 4) is 0 Å². The predicted molar refractivity (Wildman–Crippen MR) is 53.7 cm³/mol. The van der Waals surface area contributed by atoms with Crippen LogP contribution in [0, 0.1) is 17.8 Å². The molecule has 2 aliphatic rings. The molecule has 1 N–H and O–H groups in total. The quantitative estimate of drug-likeness (QED) is 0.729. The predicted octanol–water partition coefficient (Wildman–Crippen LogP) is 0.873. The standard InChI is InChI=1S/C11H19NO2/c1-12(6-7-13)11(14)10-8-4-2-3-5-9(8)10/h8-10,13H,2-7H2,1H3. The molecule has 2 saturated carbocycles. The van der Waals surface area contributed by atoms with Gasteiger partial charge in [0.25, 0.3) is 0 Å². The summed E-state index contributed by atoms with van der Waals surface area (Å²) in [6.07, 6.45) is 5.09. The summed E-state index contributed by atoms with van der Waals surface area (Å²) in [6.45, 7) is 0.555. The summed E-state index contributed by atoms with van der Waals surface area (Å²) >= 11 is 0. The van der Waals surface area contributed by atoms with Crippen molar-refractivity contribution in [1.82, 2.24) is 4.90 Å². The third-order valence-electron chi connectivity index (χ3n) is 3.75. The van der Waals surface area contributed by atoms with E-state index in [1.807, 2.05) is 0 Å². The second-order valence-corrected chi connectivity index (χ2v) is 4.62. The van der Waals surface area contributed by atoms with Crippen molar-refractivity contribution < 1.29 is 9.90 Å². The molecule has 0 saturated heterocycles. The first-order valence-corrected chi connectivity index (χ1v) is 5.61. The summed E-state index contributed by atoms with van der Waals surface area (Å²) in [5.74, 6) is 1.92. The summed E-state index contributed by atoms with van der Waals surface area (Å²) in [5, 5.41) is 8.75. The van der Waals surface area contributed by atoms with Gasteiger partial charge in [0.05, 0.1) is 6.61 Å². The Hall–Kier alpha value is -0.570. The van der Waals surface area contributed by atoms with Crippen molar-refractivity contribution in [1.29, 1.82) is 0 Å². The maximum absolute atomic E-state index is 11.9. The lowest BCUT2D eigenvalue weighted by Gasteiger charge is -2.15. The third-order valence-corrected chi connectivity index (χ3v) is 3.75. The molecule has 0 aliphatic heterocycles. The average Bonchev–Trinajstić information content (AvgIpc) is 2.91. The second-order valence-electron chi connectivity index (χ2n) is 4.62. The number of amides is 1. The summed E-state index contributed by atoms with van der Waals surface area (Å²) in [7, 11) is 1.79. The Morgan fingerprint density at radius 1 is 1.36 bits per heavy atom. The molecule has 0 heterocycles. The van der Waals surface area contributed by atoms with Crippen molar-refractivity contribution in [3.05, 3.63) is 0 Å². The number of rotatable bonds is 3. The number of likely N-dealkylation sites (N-methyl/N-ethyl adjacent to an activating group) is 1. The molecule has 2 fully saturated rings. The lowest BCUT2D eigenvalue weighted by molar-refractivity contribution is -0.132. The van der Waals surface area contributed by atoms with Crippen LogP contribution in [0.4, 0.5) is 0 Å². The summed E-state index contributed by atoms with van der Waals surface area (Å²) in [5.41, 5.74) is 0. The first kappa shape index (κ1) is 9.97. The van der Waals surface area contributed by atoms with Gasteiger partial charge in [-0.05, 0) is 24.7 Å². The molecule has 80 valence electrons. The molecule has 2 unspecified atom stereocenters. The fourth-order valence-electron chi connectivity index (χ4n) is 2.87. The zero-order valence-corrected chi connectivity index (χ0v) is 8.78. The second kappa shape index (κ2) is 3.89. The van der Waals surface area contributed by atoms with Crippen molar-refractivity contribution in [2.24, 2.45) is 17.8 Å². The molecule has 3 nitrogen and oxygen atoms in total. The van der Waals surface area contributed by atoms with Crippen LogP contribution in [0.1, 0.15) is 25.7 Å². The van der Waals surface area contributed by atoms with E-state index in [1.165, 1.54) is 25.7 Å². The first-order valence-electron chi connectivity index (χ1n) is 5.61. The minimum atomic E-state index is 0.0737. The van der Waals surface area contributed by atoms with E-state index in [0.717, 1.165) is 0 Å². The number of fused-ring (bicyclic) bond motifs is 1. The van der Waals surface area contributed by atoms with Gasteiger partial charge in [-0.25, -0.2) is 0 Å². The van der Waals surface area contributed by atoms with Crippen molar-refractivity contribution in [2.75, 3.05) is 20.2 Å².